The summed E-state index contributed by atoms with van der Waals surface area (Å²) in [6.45, 7) is 4.62. The lowest BCUT2D eigenvalue weighted by molar-refractivity contribution is -0.162. The van der Waals surface area contributed by atoms with Gasteiger partial charge in [-0.05, 0) is 40.9 Å². The van der Waals surface area contributed by atoms with Gasteiger partial charge in [-0.25, -0.2) is 0 Å². The number of ether oxygens (including phenoxy) is 2. The van der Waals surface area contributed by atoms with Crippen molar-refractivity contribution in [3.63, 3.8) is 0 Å². The predicted molar refractivity (Wildman–Crippen MR) is 59.9 cm³/mol. The molecule has 0 aromatic heterocycles. The molecule has 0 aliphatic heterocycles. The molecule has 5 nitrogen and oxygen atoms in total. The van der Waals surface area contributed by atoms with Gasteiger partial charge in [0, 0.05) is 0 Å². The van der Waals surface area contributed by atoms with Gasteiger partial charge in [0.25, 0.3) is 0 Å². The highest BCUT2D eigenvalue weighted by Crippen LogP contribution is 2.09. The molecule has 0 unspecified atom stereocenters. The van der Waals surface area contributed by atoms with Gasteiger partial charge < -0.3 is 14.4 Å². The van der Waals surface area contributed by atoms with Crippen molar-refractivity contribution < 1.29 is 19.1 Å². The lowest BCUT2D eigenvalue weighted by atomic mass is 10.1. The van der Waals surface area contributed by atoms with Gasteiger partial charge in [0.05, 0.1) is 13.2 Å². The van der Waals surface area contributed by atoms with E-state index in [-0.39, 0.29) is 13.2 Å². The summed E-state index contributed by atoms with van der Waals surface area (Å²) >= 11 is 0. The molecule has 0 aliphatic carbocycles. The van der Waals surface area contributed by atoms with Crippen LogP contribution in [0, 0.1) is 5.92 Å². The summed E-state index contributed by atoms with van der Waals surface area (Å²) in [6, 6.07) is 0. The van der Waals surface area contributed by atoms with Crippen LogP contribution in [0.4, 0.5) is 0 Å². The van der Waals surface area contributed by atoms with Gasteiger partial charge in [0.2, 0.25) is 0 Å². The van der Waals surface area contributed by atoms with E-state index in [0.717, 1.165) is 0 Å². The second kappa shape index (κ2) is 8.10. The van der Waals surface area contributed by atoms with Crippen LogP contribution in [-0.2, 0) is 19.1 Å². The summed E-state index contributed by atoms with van der Waals surface area (Å²) in [7, 11) is 3.76. The number of nitrogens with zero attached hydrogens (tertiary/aromatic N) is 1. The van der Waals surface area contributed by atoms with E-state index in [0.29, 0.717) is 13.0 Å². The summed E-state index contributed by atoms with van der Waals surface area (Å²) in [5.74, 6) is -1.80. The molecule has 16 heavy (non-hydrogen) atoms. The molecule has 0 saturated carbocycles. The van der Waals surface area contributed by atoms with E-state index in [1.54, 1.807) is 13.8 Å². The zero-order chi connectivity index (χ0) is 12.6. The van der Waals surface area contributed by atoms with Crippen molar-refractivity contribution >= 4 is 11.9 Å². The van der Waals surface area contributed by atoms with E-state index in [1.807, 2.05) is 19.0 Å². The Hall–Kier alpha value is -1.10. The highest BCUT2D eigenvalue weighted by Gasteiger charge is 2.29. The molecule has 0 aromatic carbocycles. The van der Waals surface area contributed by atoms with Gasteiger partial charge in [-0.15, -0.1) is 0 Å². The second-order valence-corrected chi connectivity index (χ2v) is 3.65. The topological polar surface area (TPSA) is 55.8 Å². The standard InChI is InChI=1S/C11H21NO4/c1-5-15-10(13)9(7-8-12(3)4)11(14)16-6-2/h9H,5-8H2,1-4H3. The Labute approximate surface area is 96.7 Å². The van der Waals surface area contributed by atoms with Crippen LogP contribution >= 0.6 is 0 Å². The van der Waals surface area contributed by atoms with E-state index < -0.39 is 17.9 Å². The number of esters is 2. The molecule has 0 aliphatic rings. The molecule has 94 valence electrons. The summed E-state index contributed by atoms with van der Waals surface area (Å²) in [5.41, 5.74) is 0. The molecule has 0 N–H and O–H groups in total. The summed E-state index contributed by atoms with van der Waals surface area (Å²) in [6.07, 6.45) is 0.421. The fourth-order valence-corrected chi connectivity index (χ4v) is 1.20. The van der Waals surface area contributed by atoms with Gasteiger partial charge in [-0.2, -0.15) is 0 Å². The van der Waals surface area contributed by atoms with E-state index in [1.165, 1.54) is 0 Å². The number of rotatable bonds is 7. The lowest BCUT2D eigenvalue weighted by Crippen LogP contribution is -2.31. The minimum atomic E-state index is -0.803. The van der Waals surface area contributed by atoms with Crippen molar-refractivity contribution in [1.82, 2.24) is 4.90 Å². The first-order chi connectivity index (χ1) is 7.52. The molecule has 0 spiro atoms. The molecule has 0 heterocycles. The van der Waals surface area contributed by atoms with Crippen LogP contribution in [0.25, 0.3) is 0 Å². The third-order valence-corrected chi connectivity index (χ3v) is 2.01. The van der Waals surface area contributed by atoms with Crippen LogP contribution in [0.2, 0.25) is 0 Å². The molecule has 0 rings (SSSR count). The van der Waals surface area contributed by atoms with Crippen LogP contribution in [0.15, 0.2) is 0 Å². The molecular weight excluding hydrogens is 210 g/mol. The van der Waals surface area contributed by atoms with Crippen LogP contribution in [-0.4, -0.2) is 50.7 Å². The summed E-state index contributed by atoms with van der Waals surface area (Å²) in [4.78, 5) is 25.0. The number of hydrogen-bond donors (Lipinski definition) is 0. The maximum atomic E-state index is 11.5. The highest BCUT2D eigenvalue weighted by molar-refractivity contribution is 5.94. The van der Waals surface area contributed by atoms with E-state index in [2.05, 4.69) is 0 Å². The van der Waals surface area contributed by atoms with E-state index >= 15 is 0 Å². The van der Waals surface area contributed by atoms with Crippen molar-refractivity contribution in [2.75, 3.05) is 33.9 Å². The molecule has 0 saturated heterocycles. The molecule has 5 heteroatoms. The van der Waals surface area contributed by atoms with Gasteiger partial charge >= 0.3 is 11.9 Å². The maximum absolute atomic E-state index is 11.5. The largest absolute Gasteiger partial charge is 0.465 e. The third-order valence-electron chi connectivity index (χ3n) is 2.01. The Kier molecular flexibility index (Phi) is 7.54. The molecular formula is C11H21NO4. The van der Waals surface area contributed by atoms with Gasteiger partial charge in [0.15, 0.2) is 5.92 Å². The first kappa shape index (κ1) is 14.9. The molecule has 0 fully saturated rings. The van der Waals surface area contributed by atoms with Crippen molar-refractivity contribution in [2.45, 2.75) is 20.3 Å². The highest BCUT2D eigenvalue weighted by atomic mass is 16.6. The predicted octanol–water partition coefficient (Wildman–Crippen LogP) is 0.681. The van der Waals surface area contributed by atoms with E-state index in [9.17, 15) is 9.59 Å². The van der Waals surface area contributed by atoms with Crippen molar-refractivity contribution in [1.29, 1.82) is 0 Å². The minimum Gasteiger partial charge on any atom is -0.465 e. The number of hydrogen-bond acceptors (Lipinski definition) is 5. The van der Waals surface area contributed by atoms with Crippen LogP contribution in [0.1, 0.15) is 20.3 Å². The monoisotopic (exact) mass is 231 g/mol. The maximum Gasteiger partial charge on any atom is 0.320 e. The Bertz CT molecular complexity index is 210. The summed E-state index contributed by atoms with van der Waals surface area (Å²) < 4.78 is 9.69. The quantitative estimate of drug-likeness (QED) is 0.476. The van der Waals surface area contributed by atoms with Gasteiger partial charge in [-0.3, -0.25) is 9.59 Å². The Morgan fingerprint density at radius 1 is 1.06 bits per heavy atom. The van der Waals surface area contributed by atoms with Crippen molar-refractivity contribution in [2.24, 2.45) is 5.92 Å². The van der Waals surface area contributed by atoms with Crippen molar-refractivity contribution in [3.05, 3.63) is 0 Å². The lowest BCUT2D eigenvalue weighted by Gasteiger charge is -2.16. The zero-order valence-corrected chi connectivity index (χ0v) is 10.5. The fraction of sp³-hybridized carbons (Fsp3) is 0.818. The smallest absolute Gasteiger partial charge is 0.320 e. The number of carbonyl (C=O) groups is 2. The first-order valence-corrected chi connectivity index (χ1v) is 5.50. The third kappa shape index (κ3) is 5.70. The van der Waals surface area contributed by atoms with Gasteiger partial charge in [0.1, 0.15) is 0 Å². The second-order valence-electron chi connectivity index (χ2n) is 3.65. The molecule has 0 bridgehead atoms. The Morgan fingerprint density at radius 3 is 1.81 bits per heavy atom. The van der Waals surface area contributed by atoms with Crippen LogP contribution in [0.3, 0.4) is 0 Å². The molecule has 0 atom stereocenters. The van der Waals surface area contributed by atoms with Crippen LogP contribution < -0.4 is 0 Å². The van der Waals surface area contributed by atoms with Crippen LogP contribution in [0.5, 0.6) is 0 Å². The summed E-state index contributed by atoms with van der Waals surface area (Å²) in [5, 5.41) is 0. The molecule has 0 aromatic rings. The number of carbonyl (C=O) groups excluding carboxylic acids is 2. The Balaban J connectivity index is 4.37. The Morgan fingerprint density at radius 2 is 1.50 bits per heavy atom. The average Bonchev–Trinajstić information content (AvgIpc) is 2.18. The van der Waals surface area contributed by atoms with Crippen molar-refractivity contribution in [3.8, 4) is 0 Å². The minimum absolute atomic E-state index is 0.275. The molecule has 0 amide bonds. The van der Waals surface area contributed by atoms with Gasteiger partial charge in [-0.1, -0.05) is 0 Å². The SMILES string of the molecule is CCOC(=O)C(CCN(C)C)C(=O)OCC. The average molecular weight is 231 g/mol. The fourth-order valence-electron chi connectivity index (χ4n) is 1.20. The normalized spacial score (nSPS) is 10.6. The first-order valence-electron chi connectivity index (χ1n) is 5.50. The molecule has 0 radical (unpaired) electrons. The van der Waals surface area contributed by atoms with E-state index in [4.69, 9.17) is 9.47 Å². The zero-order valence-electron chi connectivity index (χ0n) is 10.5.